The van der Waals surface area contributed by atoms with Gasteiger partial charge < -0.3 is 20.1 Å². The summed E-state index contributed by atoms with van der Waals surface area (Å²) < 4.78 is 10.6. The average Bonchev–Trinajstić information content (AvgIpc) is 3.41. The molecule has 1 aromatic carbocycles. The Morgan fingerprint density at radius 2 is 1.94 bits per heavy atom. The lowest BCUT2D eigenvalue weighted by atomic mass is 9.85. The van der Waals surface area contributed by atoms with Gasteiger partial charge in [-0.1, -0.05) is 12.1 Å². The predicted octanol–water partition coefficient (Wildman–Crippen LogP) is 3.92. The maximum absolute atomic E-state index is 11.8. The highest BCUT2D eigenvalue weighted by atomic mass is 16.5. The molecule has 2 aliphatic heterocycles. The normalized spacial score (nSPS) is 27.3. The quantitative estimate of drug-likeness (QED) is 0.619. The van der Waals surface area contributed by atoms with Gasteiger partial charge in [0.25, 0.3) is 0 Å². The van der Waals surface area contributed by atoms with E-state index in [0.29, 0.717) is 24.3 Å². The minimum absolute atomic E-state index is 0.304. The van der Waals surface area contributed by atoms with Gasteiger partial charge in [0.1, 0.15) is 5.82 Å². The average molecular weight is 451 g/mol. The zero-order chi connectivity index (χ0) is 22.6. The molecule has 2 N–H and O–H groups in total. The summed E-state index contributed by atoms with van der Waals surface area (Å²) in [6, 6.07) is 12.4. The van der Waals surface area contributed by atoms with Crippen molar-refractivity contribution in [2.75, 3.05) is 31.7 Å². The second kappa shape index (κ2) is 10.2. The van der Waals surface area contributed by atoms with Crippen LogP contribution in [0.5, 0.6) is 0 Å². The summed E-state index contributed by atoms with van der Waals surface area (Å²) in [5.74, 6) is 2.86. The van der Waals surface area contributed by atoms with Crippen molar-refractivity contribution in [2.45, 2.75) is 51.1 Å². The third-order valence-electron chi connectivity index (χ3n) is 7.54. The van der Waals surface area contributed by atoms with Crippen LogP contribution in [0.4, 0.5) is 5.82 Å². The first-order valence-electron chi connectivity index (χ1n) is 12.4. The molecule has 3 aliphatic rings. The number of nitrogens with zero attached hydrogens (tertiary/aromatic N) is 2. The summed E-state index contributed by atoms with van der Waals surface area (Å²) in [6.45, 7) is 5.18. The molecule has 33 heavy (non-hydrogen) atoms. The van der Waals surface area contributed by atoms with Crippen molar-refractivity contribution in [3.63, 3.8) is 0 Å². The monoisotopic (exact) mass is 450 g/mol. The number of fused-ring (bicyclic) bond motifs is 1. The van der Waals surface area contributed by atoms with Gasteiger partial charge in [-0.05, 0) is 87.6 Å². The van der Waals surface area contributed by atoms with Crippen LogP contribution in [0, 0.1) is 17.8 Å². The molecule has 3 fully saturated rings. The van der Waals surface area contributed by atoms with Crippen molar-refractivity contribution in [1.82, 2.24) is 15.5 Å². The number of nitrogens with one attached hydrogen (secondary N) is 2. The molecule has 4 atom stereocenters. The molecule has 2 aromatic rings. The Bertz CT molecular complexity index is 928. The summed E-state index contributed by atoms with van der Waals surface area (Å²) in [5, 5.41) is 16.3. The van der Waals surface area contributed by atoms with Crippen molar-refractivity contribution in [3.8, 4) is 11.3 Å². The molecule has 1 aromatic heterocycles. The van der Waals surface area contributed by atoms with E-state index in [-0.39, 0.29) is 5.97 Å². The number of esters is 1. The highest BCUT2D eigenvalue weighted by Crippen LogP contribution is 2.41. The number of carbonyl (C=O) groups is 1. The third kappa shape index (κ3) is 5.20. The van der Waals surface area contributed by atoms with Crippen LogP contribution in [-0.2, 0) is 9.47 Å². The van der Waals surface area contributed by atoms with E-state index in [1.165, 1.54) is 32.1 Å². The molecule has 0 amide bonds. The van der Waals surface area contributed by atoms with Crippen LogP contribution in [-0.4, -0.2) is 54.6 Å². The summed E-state index contributed by atoms with van der Waals surface area (Å²) >= 11 is 0. The van der Waals surface area contributed by atoms with Crippen molar-refractivity contribution in [1.29, 1.82) is 0 Å². The Labute approximate surface area is 195 Å². The molecule has 3 heterocycles. The van der Waals surface area contributed by atoms with Gasteiger partial charge in [0, 0.05) is 30.9 Å². The number of benzene rings is 1. The summed E-state index contributed by atoms with van der Waals surface area (Å²) in [7, 11) is 0. The number of aromatic nitrogens is 2. The number of rotatable bonds is 7. The topological polar surface area (TPSA) is 85.4 Å². The number of ether oxygens (including phenoxy) is 2. The predicted molar refractivity (Wildman–Crippen MR) is 127 cm³/mol. The van der Waals surface area contributed by atoms with Crippen LogP contribution >= 0.6 is 0 Å². The van der Waals surface area contributed by atoms with E-state index in [1.54, 1.807) is 19.1 Å². The van der Waals surface area contributed by atoms with Crippen molar-refractivity contribution in [2.24, 2.45) is 17.8 Å². The lowest BCUT2D eigenvalue weighted by Crippen LogP contribution is -2.33. The van der Waals surface area contributed by atoms with E-state index in [2.05, 4.69) is 20.8 Å². The van der Waals surface area contributed by atoms with E-state index >= 15 is 0 Å². The van der Waals surface area contributed by atoms with Gasteiger partial charge in [0.15, 0.2) is 0 Å². The first kappa shape index (κ1) is 22.3. The lowest BCUT2D eigenvalue weighted by Gasteiger charge is -2.27. The second-order valence-electron chi connectivity index (χ2n) is 9.64. The van der Waals surface area contributed by atoms with Crippen LogP contribution in [0.2, 0.25) is 0 Å². The number of hydrogen-bond donors (Lipinski definition) is 2. The molecule has 7 heteroatoms. The van der Waals surface area contributed by atoms with Crippen molar-refractivity contribution >= 4 is 11.8 Å². The number of hydrogen-bond acceptors (Lipinski definition) is 7. The van der Waals surface area contributed by atoms with E-state index in [1.807, 2.05) is 24.3 Å². The Kier molecular flexibility index (Phi) is 6.88. The Balaban J connectivity index is 1.15. The highest BCUT2D eigenvalue weighted by Gasteiger charge is 2.43. The SMILES string of the molecule is CCOC(=O)c1ccc(-c2ccc(N[C@H]3C[C@@H]4CN[C@@H](CC5CCOCC5)[C@H]4C3)nn2)cc1. The molecule has 0 bridgehead atoms. The van der Waals surface area contributed by atoms with Gasteiger partial charge in [0.2, 0.25) is 0 Å². The van der Waals surface area contributed by atoms with Gasteiger partial charge in [0.05, 0.1) is 17.9 Å². The third-order valence-corrected chi connectivity index (χ3v) is 7.54. The first-order valence-corrected chi connectivity index (χ1v) is 12.4. The van der Waals surface area contributed by atoms with Crippen molar-refractivity contribution < 1.29 is 14.3 Å². The molecule has 5 rings (SSSR count). The van der Waals surface area contributed by atoms with Gasteiger partial charge in [-0.2, -0.15) is 0 Å². The van der Waals surface area contributed by atoms with E-state index in [9.17, 15) is 4.79 Å². The first-order chi connectivity index (χ1) is 16.2. The van der Waals surface area contributed by atoms with E-state index in [4.69, 9.17) is 9.47 Å². The molecule has 0 radical (unpaired) electrons. The Hall–Kier alpha value is -2.51. The molecule has 176 valence electrons. The summed E-state index contributed by atoms with van der Waals surface area (Å²) in [5.41, 5.74) is 2.27. The highest BCUT2D eigenvalue weighted by molar-refractivity contribution is 5.89. The van der Waals surface area contributed by atoms with Gasteiger partial charge >= 0.3 is 5.97 Å². The summed E-state index contributed by atoms with van der Waals surface area (Å²) in [6.07, 6.45) is 6.11. The van der Waals surface area contributed by atoms with Gasteiger partial charge in [-0.15, -0.1) is 10.2 Å². The zero-order valence-electron chi connectivity index (χ0n) is 19.3. The Morgan fingerprint density at radius 1 is 1.12 bits per heavy atom. The van der Waals surface area contributed by atoms with Gasteiger partial charge in [-0.25, -0.2) is 4.79 Å². The smallest absolute Gasteiger partial charge is 0.338 e. The molecule has 1 aliphatic carbocycles. The van der Waals surface area contributed by atoms with Crippen LogP contribution in [0.1, 0.15) is 49.4 Å². The molecule has 0 spiro atoms. The fourth-order valence-electron chi connectivity index (χ4n) is 5.82. The van der Waals surface area contributed by atoms with Gasteiger partial charge in [-0.3, -0.25) is 0 Å². The maximum atomic E-state index is 11.8. The lowest BCUT2D eigenvalue weighted by molar-refractivity contribution is 0.0526. The van der Waals surface area contributed by atoms with E-state index < -0.39 is 0 Å². The van der Waals surface area contributed by atoms with Crippen LogP contribution in [0.15, 0.2) is 36.4 Å². The molecule has 0 unspecified atom stereocenters. The molecular formula is C26H34N4O3. The minimum Gasteiger partial charge on any atom is -0.462 e. The molecule has 1 saturated carbocycles. The molecular weight excluding hydrogens is 416 g/mol. The summed E-state index contributed by atoms with van der Waals surface area (Å²) in [4.78, 5) is 11.8. The Morgan fingerprint density at radius 3 is 2.67 bits per heavy atom. The zero-order valence-corrected chi connectivity index (χ0v) is 19.3. The standard InChI is InChI=1S/C26H34N4O3/c1-2-33-26(31)19-5-3-18(4-6-19)23-7-8-25(30-29-23)28-21-14-20-16-27-24(22(20)15-21)13-17-9-11-32-12-10-17/h3-8,17,20-22,24,27H,2,9-16H2,1H3,(H,28,30)/t20-,21+,22+,24+/m1/s1. The maximum Gasteiger partial charge on any atom is 0.338 e. The van der Waals surface area contributed by atoms with E-state index in [0.717, 1.165) is 54.6 Å². The molecule has 7 nitrogen and oxygen atoms in total. The number of carbonyl (C=O) groups excluding carboxylic acids is 1. The number of anilines is 1. The second-order valence-corrected chi connectivity index (χ2v) is 9.64. The fraction of sp³-hybridized carbons (Fsp3) is 0.577. The fourth-order valence-corrected chi connectivity index (χ4v) is 5.82. The van der Waals surface area contributed by atoms with Crippen LogP contribution in [0.25, 0.3) is 11.3 Å². The molecule has 2 saturated heterocycles. The minimum atomic E-state index is -0.304. The largest absolute Gasteiger partial charge is 0.462 e. The van der Waals surface area contributed by atoms with Crippen LogP contribution < -0.4 is 10.6 Å². The van der Waals surface area contributed by atoms with Crippen molar-refractivity contribution in [3.05, 3.63) is 42.0 Å². The van der Waals surface area contributed by atoms with Crippen LogP contribution in [0.3, 0.4) is 0 Å².